The van der Waals surface area contributed by atoms with E-state index in [1.807, 2.05) is 0 Å². The van der Waals surface area contributed by atoms with Gasteiger partial charge < -0.3 is 24.1 Å². The molecule has 1 spiro atoms. The zero-order chi connectivity index (χ0) is 17.2. The highest BCUT2D eigenvalue weighted by molar-refractivity contribution is 5.90. The van der Waals surface area contributed by atoms with Gasteiger partial charge in [0.15, 0.2) is 5.96 Å². The van der Waals surface area contributed by atoms with Crippen molar-refractivity contribution in [2.75, 3.05) is 40.5 Å². The molecule has 1 unspecified atom stereocenters. The Kier molecular flexibility index (Phi) is 4.80. The number of methoxy groups -OCH3 is 1. The lowest BCUT2D eigenvalue weighted by Gasteiger charge is -2.24. The van der Waals surface area contributed by atoms with E-state index in [4.69, 9.17) is 13.9 Å². The number of aliphatic imine (C=N–C) groups is 1. The van der Waals surface area contributed by atoms with E-state index in [9.17, 15) is 4.79 Å². The lowest BCUT2D eigenvalue weighted by molar-refractivity contribution is 0.0599. The van der Waals surface area contributed by atoms with Gasteiger partial charge in [0.05, 0.1) is 20.3 Å². The minimum absolute atomic E-state index is 0.289. The van der Waals surface area contributed by atoms with Gasteiger partial charge in [0.1, 0.15) is 17.1 Å². The summed E-state index contributed by atoms with van der Waals surface area (Å²) in [5.41, 5.74) is 0.754. The van der Waals surface area contributed by atoms with E-state index in [1.54, 1.807) is 20.0 Å². The van der Waals surface area contributed by atoms with Crippen LogP contribution in [0, 0.1) is 12.3 Å². The van der Waals surface area contributed by atoms with Gasteiger partial charge in [-0.15, -0.1) is 0 Å². The van der Waals surface area contributed by atoms with Gasteiger partial charge in [-0.1, -0.05) is 0 Å². The van der Waals surface area contributed by atoms with Gasteiger partial charge >= 0.3 is 5.97 Å². The molecule has 3 heterocycles. The maximum Gasteiger partial charge on any atom is 0.341 e. The van der Waals surface area contributed by atoms with Crippen LogP contribution >= 0.6 is 0 Å². The van der Waals surface area contributed by atoms with E-state index in [1.165, 1.54) is 7.11 Å². The monoisotopic (exact) mass is 335 g/mol. The van der Waals surface area contributed by atoms with Crippen molar-refractivity contribution < 1.29 is 18.7 Å². The standard InChI is InChI=1S/C17H25N3O4/c1-12-14(15(21)22-3)8-13(24-12)9-19-16(18-2)20-6-4-17(10-20)5-7-23-11-17/h8H,4-7,9-11H2,1-3H3,(H,18,19). The summed E-state index contributed by atoms with van der Waals surface area (Å²) in [6.07, 6.45) is 2.26. The molecular weight excluding hydrogens is 310 g/mol. The quantitative estimate of drug-likeness (QED) is 0.513. The molecule has 0 saturated carbocycles. The van der Waals surface area contributed by atoms with Crippen LogP contribution in [0.3, 0.4) is 0 Å². The zero-order valence-corrected chi connectivity index (χ0v) is 14.6. The largest absolute Gasteiger partial charge is 0.465 e. The van der Waals surface area contributed by atoms with E-state index in [0.29, 0.717) is 23.6 Å². The molecule has 132 valence electrons. The highest BCUT2D eigenvalue weighted by Gasteiger charge is 2.42. The third-order valence-electron chi connectivity index (χ3n) is 4.93. The van der Waals surface area contributed by atoms with Crippen LogP contribution in [0.25, 0.3) is 0 Å². The van der Waals surface area contributed by atoms with E-state index < -0.39 is 0 Å². The van der Waals surface area contributed by atoms with Crippen LogP contribution in [-0.4, -0.2) is 57.3 Å². The van der Waals surface area contributed by atoms with Gasteiger partial charge in [0.2, 0.25) is 0 Å². The van der Waals surface area contributed by atoms with E-state index >= 15 is 0 Å². The second-order valence-corrected chi connectivity index (χ2v) is 6.55. The second-order valence-electron chi connectivity index (χ2n) is 6.55. The van der Waals surface area contributed by atoms with Crippen LogP contribution in [0.4, 0.5) is 0 Å². The highest BCUT2D eigenvalue weighted by atomic mass is 16.5. The summed E-state index contributed by atoms with van der Waals surface area (Å²) < 4.78 is 16.0. The first kappa shape index (κ1) is 16.8. The SMILES string of the molecule is CN=C(NCc1cc(C(=O)OC)c(C)o1)N1CCC2(CCOC2)C1. The summed E-state index contributed by atoms with van der Waals surface area (Å²) >= 11 is 0. The summed E-state index contributed by atoms with van der Waals surface area (Å²) in [5.74, 6) is 1.73. The first-order valence-electron chi connectivity index (χ1n) is 8.28. The molecule has 0 aromatic carbocycles. The molecule has 1 aromatic rings. The Morgan fingerprint density at radius 1 is 1.50 bits per heavy atom. The lowest BCUT2D eigenvalue weighted by atomic mass is 9.87. The van der Waals surface area contributed by atoms with Crippen LogP contribution in [0.1, 0.15) is 34.7 Å². The van der Waals surface area contributed by atoms with Gasteiger partial charge in [0.25, 0.3) is 0 Å². The Balaban J connectivity index is 1.60. The van der Waals surface area contributed by atoms with Gasteiger partial charge in [-0.3, -0.25) is 4.99 Å². The van der Waals surface area contributed by atoms with E-state index in [-0.39, 0.29) is 11.4 Å². The number of aryl methyl sites for hydroxylation is 1. The summed E-state index contributed by atoms with van der Waals surface area (Å²) in [4.78, 5) is 18.3. The second kappa shape index (κ2) is 6.84. The van der Waals surface area contributed by atoms with Gasteiger partial charge in [-0.05, 0) is 25.8 Å². The molecule has 0 radical (unpaired) electrons. The fourth-order valence-corrected chi connectivity index (χ4v) is 3.53. The van der Waals surface area contributed by atoms with Gasteiger partial charge in [-0.2, -0.15) is 0 Å². The zero-order valence-electron chi connectivity index (χ0n) is 14.6. The third-order valence-corrected chi connectivity index (χ3v) is 4.93. The highest BCUT2D eigenvalue weighted by Crippen LogP contribution is 2.38. The molecule has 2 aliphatic heterocycles. The number of likely N-dealkylation sites (tertiary alicyclic amines) is 1. The van der Waals surface area contributed by atoms with Gasteiger partial charge in [0, 0.05) is 32.2 Å². The number of guanidine groups is 1. The van der Waals surface area contributed by atoms with Crippen LogP contribution in [0.2, 0.25) is 0 Å². The van der Waals surface area contributed by atoms with Crippen molar-refractivity contribution >= 4 is 11.9 Å². The average molecular weight is 335 g/mol. The Morgan fingerprint density at radius 2 is 2.33 bits per heavy atom. The van der Waals surface area contributed by atoms with Crippen molar-refractivity contribution in [3.63, 3.8) is 0 Å². The molecule has 2 saturated heterocycles. The fraction of sp³-hybridized carbons (Fsp3) is 0.647. The first-order valence-corrected chi connectivity index (χ1v) is 8.28. The predicted octanol–water partition coefficient (Wildman–Crippen LogP) is 1.56. The molecular formula is C17H25N3O4. The molecule has 2 fully saturated rings. The topological polar surface area (TPSA) is 76.3 Å². The van der Waals surface area contributed by atoms with Crippen molar-refractivity contribution in [2.24, 2.45) is 10.4 Å². The molecule has 1 atom stereocenters. The number of furan rings is 1. The predicted molar refractivity (Wildman–Crippen MR) is 89.0 cm³/mol. The van der Waals surface area contributed by atoms with Crippen molar-refractivity contribution in [1.29, 1.82) is 0 Å². The number of carbonyl (C=O) groups excluding carboxylic acids is 1. The van der Waals surface area contributed by atoms with Crippen LogP contribution in [0.5, 0.6) is 0 Å². The number of ether oxygens (including phenoxy) is 2. The molecule has 24 heavy (non-hydrogen) atoms. The normalized spacial score (nSPS) is 24.0. The van der Waals surface area contributed by atoms with Crippen LogP contribution < -0.4 is 5.32 Å². The molecule has 2 aliphatic rings. The number of hydrogen-bond donors (Lipinski definition) is 1. The molecule has 0 bridgehead atoms. The maximum absolute atomic E-state index is 11.6. The third kappa shape index (κ3) is 3.26. The number of rotatable bonds is 3. The summed E-state index contributed by atoms with van der Waals surface area (Å²) in [6, 6.07) is 1.72. The van der Waals surface area contributed by atoms with E-state index in [0.717, 1.165) is 45.1 Å². The number of esters is 1. The summed E-state index contributed by atoms with van der Waals surface area (Å²) in [7, 11) is 3.15. The molecule has 0 amide bonds. The summed E-state index contributed by atoms with van der Waals surface area (Å²) in [6.45, 7) is 5.90. The number of carbonyl (C=O) groups is 1. The smallest absolute Gasteiger partial charge is 0.341 e. The fourth-order valence-electron chi connectivity index (χ4n) is 3.53. The van der Waals surface area contributed by atoms with Crippen molar-refractivity contribution in [3.05, 3.63) is 23.2 Å². The van der Waals surface area contributed by atoms with Crippen molar-refractivity contribution in [2.45, 2.75) is 26.3 Å². The van der Waals surface area contributed by atoms with Crippen molar-refractivity contribution in [1.82, 2.24) is 10.2 Å². The molecule has 1 aromatic heterocycles. The van der Waals surface area contributed by atoms with E-state index in [2.05, 4.69) is 15.2 Å². The van der Waals surface area contributed by atoms with Crippen molar-refractivity contribution in [3.8, 4) is 0 Å². The maximum atomic E-state index is 11.6. The van der Waals surface area contributed by atoms with Gasteiger partial charge in [-0.25, -0.2) is 4.79 Å². The molecule has 1 N–H and O–H groups in total. The lowest BCUT2D eigenvalue weighted by Crippen LogP contribution is -2.41. The molecule has 0 aliphatic carbocycles. The average Bonchev–Trinajstić information content (AvgIpc) is 3.30. The minimum atomic E-state index is -0.380. The number of nitrogens with zero attached hydrogens (tertiary/aromatic N) is 2. The molecule has 7 nitrogen and oxygen atoms in total. The Hall–Kier alpha value is -2.02. The molecule has 7 heteroatoms. The Bertz CT molecular complexity index is 632. The number of hydrogen-bond acceptors (Lipinski definition) is 5. The molecule has 3 rings (SSSR count). The Labute approximate surface area is 142 Å². The first-order chi connectivity index (χ1) is 11.6. The number of nitrogens with one attached hydrogen (secondary N) is 1. The van der Waals surface area contributed by atoms with Crippen LogP contribution in [0.15, 0.2) is 15.5 Å². The Morgan fingerprint density at radius 3 is 3.00 bits per heavy atom. The summed E-state index contributed by atoms with van der Waals surface area (Å²) in [5, 5.41) is 3.32. The minimum Gasteiger partial charge on any atom is -0.465 e. The van der Waals surface area contributed by atoms with Crippen LogP contribution in [-0.2, 0) is 16.0 Å².